The first-order chi connectivity index (χ1) is 9.18. The average Bonchev–Trinajstić information content (AvgIpc) is 2.29. The fourth-order valence-electron chi connectivity index (χ4n) is 1.77. The maximum Gasteiger partial charge on any atom is 0.161 e. The SMILES string of the molecule is CC(C)(C)c1nc(-c2cc(Cl)cc(Cl)c2)nc(N)c1Br. The van der Waals surface area contributed by atoms with E-state index in [0.717, 1.165) is 15.7 Å². The zero-order chi connectivity index (χ0) is 15.1. The molecule has 106 valence electrons. The van der Waals surface area contributed by atoms with Crippen molar-refractivity contribution < 1.29 is 0 Å². The number of halogens is 3. The molecule has 0 spiro atoms. The lowest BCUT2D eigenvalue weighted by molar-refractivity contribution is 0.565. The summed E-state index contributed by atoms with van der Waals surface area (Å²) in [5, 5.41) is 1.07. The molecule has 0 saturated heterocycles. The van der Waals surface area contributed by atoms with Crippen molar-refractivity contribution in [2.24, 2.45) is 0 Å². The van der Waals surface area contributed by atoms with Gasteiger partial charge in [0.2, 0.25) is 0 Å². The molecule has 2 rings (SSSR count). The first-order valence-corrected chi connectivity index (χ1v) is 7.53. The van der Waals surface area contributed by atoms with Crippen LogP contribution in [0.25, 0.3) is 11.4 Å². The predicted molar refractivity (Wildman–Crippen MR) is 88.3 cm³/mol. The lowest BCUT2D eigenvalue weighted by atomic mass is 9.91. The number of rotatable bonds is 1. The molecule has 6 heteroatoms. The highest BCUT2D eigenvalue weighted by atomic mass is 79.9. The molecule has 2 N–H and O–H groups in total. The normalized spacial score (nSPS) is 11.7. The Bertz CT molecular complexity index is 646. The van der Waals surface area contributed by atoms with Crippen molar-refractivity contribution in [3.05, 3.63) is 38.4 Å². The monoisotopic (exact) mass is 373 g/mol. The minimum Gasteiger partial charge on any atom is -0.383 e. The maximum absolute atomic E-state index is 6.02. The van der Waals surface area contributed by atoms with E-state index in [1.54, 1.807) is 18.2 Å². The van der Waals surface area contributed by atoms with Crippen LogP contribution >= 0.6 is 39.1 Å². The number of hydrogen-bond donors (Lipinski definition) is 1. The van der Waals surface area contributed by atoms with E-state index >= 15 is 0 Å². The molecule has 0 radical (unpaired) electrons. The van der Waals surface area contributed by atoms with Gasteiger partial charge in [-0.05, 0) is 34.1 Å². The Balaban J connectivity index is 2.67. The molecular weight excluding hydrogens is 361 g/mol. The molecule has 0 fully saturated rings. The summed E-state index contributed by atoms with van der Waals surface area (Å²) < 4.78 is 0.724. The van der Waals surface area contributed by atoms with E-state index in [4.69, 9.17) is 28.9 Å². The summed E-state index contributed by atoms with van der Waals surface area (Å²) in [6.45, 7) is 6.19. The fraction of sp³-hybridized carbons (Fsp3) is 0.286. The highest BCUT2D eigenvalue weighted by molar-refractivity contribution is 9.10. The Morgan fingerprint density at radius 1 is 1.05 bits per heavy atom. The first-order valence-electron chi connectivity index (χ1n) is 5.98. The van der Waals surface area contributed by atoms with Crippen LogP contribution in [0.15, 0.2) is 22.7 Å². The molecule has 0 atom stereocenters. The third-order valence-electron chi connectivity index (χ3n) is 2.71. The van der Waals surface area contributed by atoms with E-state index in [0.29, 0.717) is 21.7 Å². The van der Waals surface area contributed by atoms with Crippen molar-refractivity contribution >= 4 is 44.9 Å². The summed E-state index contributed by atoms with van der Waals surface area (Å²) in [6.07, 6.45) is 0. The van der Waals surface area contributed by atoms with Crippen molar-refractivity contribution in [3.8, 4) is 11.4 Å². The predicted octanol–water partition coefficient (Wildman–Crippen LogP) is 5.09. The number of benzene rings is 1. The van der Waals surface area contributed by atoms with Gasteiger partial charge in [0.05, 0.1) is 10.2 Å². The minimum absolute atomic E-state index is 0.160. The second-order valence-electron chi connectivity index (χ2n) is 5.50. The van der Waals surface area contributed by atoms with Gasteiger partial charge in [-0.3, -0.25) is 0 Å². The van der Waals surface area contributed by atoms with Crippen LogP contribution in [0.3, 0.4) is 0 Å². The zero-order valence-corrected chi connectivity index (χ0v) is 14.4. The van der Waals surface area contributed by atoms with E-state index in [1.807, 2.05) is 0 Å². The maximum atomic E-state index is 6.02. The summed E-state index contributed by atoms with van der Waals surface area (Å²) in [5.74, 6) is 0.913. The van der Waals surface area contributed by atoms with Crippen LogP contribution in [0.1, 0.15) is 26.5 Å². The smallest absolute Gasteiger partial charge is 0.161 e. The topological polar surface area (TPSA) is 51.8 Å². The van der Waals surface area contributed by atoms with Crippen LogP contribution < -0.4 is 5.73 Å². The molecule has 3 nitrogen and oxygen atoms in total. The van der Waals surface area contributed by atoms with Crippen molar-refractivity contribution in [3.63, 3.8) is 0 Å². The highest BCUT2D eigenvalue weighted by Gasteiger charge is 2.22. The summed E-state index contributed by atoms with van der Waals surface area (Å²) in [6, 6.07) is 5.20. The number of nitrogens with two attached hydrogens (primary N) is 1. The molecule has 0 unspecified atom stereocenters. The lowest BCUT2D eigenvalue weighted by Crippen LogP contribution is -2.17. The van der Waals surface area contributed by atoms with Gasteiger partial charge in [0, 0.05) is 21.0 Å². The third kappa shape index (κ3) is 3.25. The largest absolute Gasteiger partial charge is 0.383 e. The standard InChI is InChI=1S/C14H14BrCl2N3/c1-14(2,3)11-10(15)12(18)20-13(19-11)7-4-8(16)6-9(17)5-7/h4-6H,1-3H3,(H2,18,19,20). The Hall–Kier alpha value is -0.840. The summed E-state index contributed by atoms with van der Waals surface area (Å²) in [4.78, 5) is 8.90. The van der Waals surface area contributed by atoms with E-state index in [2.05, 4.69) is 46.7 Å². The molecule has 0 saturated carbocycles. The second kappa shape index (κ2) is 5.51. The minimum atomic E-state index is -0.160. The van der Waals surface area contributed by atoms with Gasteiger partial charge in [0.1, 0.15) is 5.82 Å². The summed E-state index contributed by atoms with van der Waals surface area (Å²) in [5.41, 5.74) is 7.39. The zero-order valence-electron chi connectivity index (χ0n) is 11.3. The van der Waals surface area contributed by atoms with Crippen LogP contribution in [0.4, 0.5) is 5.82 Å². The number of nitrogens with zero attached hydrogens (tertiary/aromatic N) is 2. The molecule has 2 aromatic rings. The molecular formula is C14H14BrCl2N3. The van der Waals surface area contributed by atoms with Gasteiger partial charge in [0.25, 0.3) is 0 Å². The van der Waals surface area contributed by atoms with E-state index in [1.165, 1.54) is 0 Å². The first kappa shape index (κ1) is 15.5. The molecule has 1 heterocycles. The van der Waals surface area contributed by atoms with Gasteiger partial charge in [-0.15, -0.1) is 0 Å². The van der Waals surface area contributed by atoms with Crippen LogP contribution in [-0.2, 0) is 5.41 Å². The van der Waals surface area contributed by atoms with E-state index < -0.39 is 0 Å². The van der Waals surface area contributed by atoms with Gasteiger partial charge in [-0.1, -0.05) is 44.0 Å². The quantitative estimate of drug-likeness (QED) is 0.755. The molecule has 0 aliphatic rings. The summed E-state index contributed by atoms with van der Waals surface area (Å²) in [7, 11) is 0. The average molecular weight is 375 g/mol. The Kier molecular flexibility index (Phi) is 4.28. The van der Waals surface area contributed by atoms with Gasteiger partial charge >= 0.3 is 0 Å². The van der Waals surface area contributed by atoms with Crippen LogP contribution in [-0.4, -0.2) is 9.97 Å². The van der Waals surface area contributed by atoms with Crippen molar-refractivity contribution in [2.45, 2.75) is 26.2 Å². The van der Waals surface area contributed by atoms with Gasteiger partial charge in [-0.25, -0.2) is 9.97 Å². The number of hydrogen-bond acceptors (Lipinski definition) is 3. The van der Waals surface area contributed by atoms with Crippen molar-refractivity contribution in [2.75, 3.05) is 5.73 Å². The highest BCUT2D eigenvalue weighted by Crippen LogP contribution is 2.34. The van der Waals surface area contributed by atoms with Crippen molar-refractivity contribution in [1.29, 1.82) is 0 Å². The van der Waals surface area contributed by atoms with E-state index in [9.17, 15) is 0 Å². The lowest BCUT2D eigenvalue weighted by Gasteiger charge is -2.21. The Morgan fingerprint density at radius 2 is 1.60 bits per heavy atom. The molecule has 0 aliphatic heterocycles. The fourth-order valence-corrected chi connectivity index (χ4v) is 3.07. The molecule has 1 aromatic heterocycles. The van der Waals surface area contributed by atoms with Crippen LogP contribution in [0, 0.1) is 0 Å². The third-order valence-corrected chi connectivity index (χ3v) is 3.93. The van der Waals surface area contributed by atoms with Crippen LogP contribution in [0.5, 0.6) is 0 Å². The van der Waals surface area contributed by atoms with Crippen LogP contribution in [0.2, 0.25) is 10.0 Å². The molecule has 0 bridgehead atoms. The molecule has 1 aromatic carbocycles. The summed E-state index contributed by atoms with van der Waals surface area (Å²) >= 11 is 15.5. The van der Waals surface area contributed by atoms with Crippen molar-refractivity contribution in [1.82, 2.24) is 9.97 Å². The molecule has 0 amide bonds. The number of nitrogen functional groups attached to an aromatic ring is 1. The number of anilines is 1. The second-order valence-corrected chi connectivity index (χ2v) is 7.17. The van der Waals surface area contributed by atoms with Gasteiger partial charge in [-0.2, -0.15) is 0 Å². The molecule has 0 aliphatic carbocycles. The van der Waals surface area contributed by atoms with Gasteiger partial charge < -0.3 is 5.73 Å². The Morgan fingerprint density at radius 3 is 2.10 bits per heavy atom. The Labute approximate surface area is 136 Å². The number of aromatic nitrogens is 2. The molecule has 20 heavy (non-hydrogen) atoms. The van der Waals surface area contributed by atoms with E-state index in [-0.39, 0.29) is 5.41 Å². The van der Waals surface area contributed by atoms with Gasteiger partial charge in [0.15, 0.2) is 5.82 Å².